The predicted molar refractivity (Wildman–Crippen MR) is 140 cm³/mol. The van der Waals surface area contributed by atoms with Gasteiger partial charge in [0.1, 0.15) is 36.6 Å². The lowest BCUT2D eigenvalue weighted by Gasteiger charge is -2.07. The lowest BCUT2D eigenvalue weighted by molar-refractivity contribution is -0.195. The normalized spacial score (nSPS) is 11.3. The van der Waals surface area contributed by atoms with Crippen LogP contribution < -0.4 is 21.7 Å². The highest BCUT2D eigenvalue weighted by atomic mass is 32.2. The Kier molecular flexibility index (Phi) is 14.3. The Labute approximate surface area is 228 Å². The number of hydrogen-bond donors (Lipinski definition) is 3. The van der Waals surface area contributed by atoms with Gasteiger partial charge in [-0.25, -0.2) is 9.67 Å². The zero-order valence-corrected chi connectivity index (χ0v) is 22.5. The van der Waals surface area contributed by atoms with Crippen LogP contribution in [0.25, 0.3) is 10.2 Å². The summed E-state index contributed by atoms with van der Waals surface area (Å²) < 4.78 is 29.7. The van der Waals surface area contributed by atoms with Crippen molar-refractivity contribution in [3.8, 4) is 5.75 Å². The zero-order chi connectivity index (χ0) is 26.8. The maximum atomic E-state index is 12.2. The first kappa shape index (κ1) is 30.1. The van der Waals surface area contributed by atoms with Crippen LogP contribution in [-0.4, -0.2) is 78.6 Å². The molecule has 14 nitrogen and oxygen atoms in total. The van der Waals surface area contributed by atoms with Crippen molar-refractivity contribution >= 4 is 39.5 Å². The van der Waals surface area contributed by atoms with Crippen LogP contribution in [0.15, 0.2) is 28.7 Å². The quantitative estimate of drug-likeness (QED) is 0.0719. The first-order valence-electron chi connectivity index (χ1n) is 12.0. The van der Waals surface area contributed by atoms with Gasteiger partial charge in [-0.15, -0.1) is 25.8 Å². The highest BCUT2D eigenvalue weighted by Crippen LogP contribution is 2.32. The number of carbonyl (C=O) groups excluding carboxylic acids is 1. The van der Waals surface area contributed by atoms with Crippen molar-refractivity contribution < 1.29 is 33.1 Å². The second-order valence-electron chi connectivity index (χ2n) is 7.74. The Balaban J connectivity index is 1.24. The fraction of sp³-hybridized carbons (Fsp3) is 0.545. The van der Waals surface area contributed by atoms with Crippen LogP contribution in [0.1, 0.15) is 18.5 Å². The van der Waals surface area contributed by atoms with Gasteiger partial charge in [0.2, 0.25) is 5.91 Å². The van der Waals surface area contributed by atoms with E-state index in [2.05, 4.69) is 29.9 Å². The van der Waals surface area contributed by atoms with E-state index in [0.717, 1.165) is 28.7 Å². The molecule has 2 heterocycles. The molecule has 0 radical (unpaired) electrons. The molecule has 0 aliphatic heterocycles. The van der Waals surface area contributed by atoms with Gasteiger partial charge in [-0.2, -0.15) is 5.90 Å². The van der Waals surface area contributed by atoms with Gasteiger partial charge in [0, 0.05) is 19.8 Å². The number of rotatable bonds is 21. The summed E-state index contributed by atoms with van der Waals surface area (Å²) in [6.45, 7) is 4.69. The Bertz CT molecular complexity index is 1090. The van der Waals surface area contributed by atoms with Gasteiger partial charge in [0.25, 0.3) is 0 Å². The van der Waals surface area contributed by atoms with E-state index in [1.807, 2.05) is 18.2 Å². The molecule has 0 aliphatic rings. The van der Waals surface area contributed by atoms with Crippen molar-refractivity contribution in [1.82, 2.24) is 25.3 Å². The third-order valence-electron chi connectivity index (χ3n) is 4.79. The summed E-state index contributed by atoms with van der Waals surface area (Å²) in [7, 11) is 0. The van der Waals surface area contributed by atoms with Crippen molar-refractivity contribution in [1.29, 1.82) is 0 Å². The van der Waals surface area contributed by atoms with E-state index in [9.17, 15) is 4.79 Å². The summed E-state index contributed by atoms with van der Waals surface area (Å²) in [6.07, 6.45) is 3.23. The van der Waals surface area contributed by atoms with E-state index in [1.54, 1.807) is 6.20 Å². The Morgan fingerprint density at radius 1 is 1.08 bits per heavy atom. The minimum absolute atomic E-state index is 0.0664. The van der Waals surface area contributed by atoms with E-state index in [1.165, 1.54) is 16.0 Å². The number of benzene rings is 1. The molecule has 2 aromatic heterocycles. The van der Waals surface area contributed by atoms with Crippen LogP contribution in [0.5, 0.6) is 5.75 Å². The lowest BCUT2D eigenvalue weighted by atomic mass is 10.3. The predicted octanol–water partition coefficient (Wildman–Crippen LogP) is 1.20. The molecule has 210 valence electrons. The molecule has 0 atom stereocenters. The molecule has 0 saturated carbocycles. The molecule has 0 spiro atoms. The number of hydrogen-bond acceptors (Lipinski definition) is 14. The number of amides is 1. The summed E-state index contributed by atoms with van der Waals surface area (Å²) in [4.78, 5) is 20.6. The molecule has 0 bridgehead atoms. The molecule has 16 heteroatoms. The maximum Gasteiger partial charge on any atom is 0.241 e. The number of ether oxygens (including phenoxy) is 4. The van der Waals surface area contributed by atoms with Crippen molar-refractivity contribution in [2.75, 3.05) is 52.7 Å². The molecule has 0 unspecified atom stereocenters. The summed E-state index contributed by atoms with van der Waals surface area (Å²) in [5.74, 6) is 5.34. The van der Waals surface area contributed by atoms with Gasteiger partial charge in [-0.3, -0.25) is 4.79 Å². The first-order valence-corrected chi connectivity index (χ1v) is 13.6. The van der Waals surface area contributed by atoms with E-state index >= 15 is 0 Å². The smallest absolute Gasteiger partial charge is 0.241 e. The maximum absolute atomic E-state index is 12.2. The van der Waals surface area contributed by atoms with E-state index in [4.69, 9.17) is 30.6 Å². The van der Waals surface area contributed by atoms with Crippen LogP contribution in [0.3, 0.4) is 0 Å². The molecule has 0 aliphatic carbocycles. The van der Waals surface area contributed by atoms with Crippen molar-refractivity contribution in [2.45, 2.75) is 30.3 Å². The average molecular weight is 572 g/mol. The first-order chi connectivity index (χ1) is 18.7. The van der Waals surface area contributed by atoms with Gasteiger partial charge < -0.3 is 30.0 Å². The lowest BCUT2D eigenvalue weighted by Crippen LogP contribution is -2.29. The number of thiazole rings is 1. The molecule has 5 N–H and O–H groups in total. The van der Waals surface area contributed by atoms with Gasteiger partial charge in [-0.05, 0) is 37.6 Å². The Morgan fingerprint density at radius 3 is 2.61 bits per heavy atom. The standard InChI is InChI=1S/C22H33N7O7S2/c23-5-1-7-31-9-11-33-12-10-32-8-2-6-25-21(30)15-29-14-17(27-28-29)16-34-18-3-4-19-20(13-18)37-22(26-19)38-36-35-24/h3-4,13-14H,1-2,5-12,15-16,23-24H2,(H,25,30). The molecular formula is C22H33N7O7S2. The second kappa shape index (κ2) is 18.0. The van der Waals surface area contributed by atoms with Gasteiger partial charge in [-0.1, -0.05) is 5.21 Å². The van der Waals surface area contributed by atoms with Gasteiger partial charge >= 0.3 is 0 Å². The number of nitrogens with two attached hydrogens (primary N) is 2. The fourth-order valence-corrected chi connectivity index (χ4v) is 4.48. The van der Waals surface area contributed by atoms with Crippen LogP contribution in [-0.2, 0) is 41.5 Å². The number of aromatic nitrogens is 4. The SMILES string of the molecule is NCCCOCCOCCOCCCNC(=O)Cn1cc(COc2ccc3nc(SOON)sc3c2)nn1. The third kappa shape index (κ3) is 11.5. The third-order valence-corrected chi connectivity index (χ3v) is 6.44. The monoisotopic (exact) mass is 571 g/mol. The van der Waals surface area contributed by atoms with E-state index < -0.39 is 0 Å². The van der Waals surface area contributed by atoms with Crippen LogP contribution >= 0.6 is 23.4 Å². The van der Waals surface area contributed by atoms with Crippen molar-refractivity contribution in [3.05, 3.63) is 30.1 Å². The van der Waals surface area contributed by atoms with Crippen molar-refractivity contribution in [2.24, 2.45) is 11.6 Å². The average Bonchev–Trinajstić information content (AvgIpc) is 3.54. The summed E-state index contributed by atoms with van der Waals surface area (Å²) in [6, 6.07) is 5.53. The number of nitrogens with zero attached hydrogens (tertiary/aromatic N) is 4. The minimum atomic E-state index is -0.159. The molecular weight excluding hydrogens is 538 g/mol. The van der Waals surface area contributed by atoms with Gasteiger partial charge in [0.15, 0.2) is 4.34 Å². The van der Waals surface area contributed by atoms with Crippen LogP contribution in [0, 0.1) is 0 Å². The topological polar surface area (TPSA) is 180 Å². The molecule has 3 aromatic rings. The van der Waals surface area contributed by atoms with Crippen LogP contribution in [0.4, 0.5) is 0 Å². The van der Waals surface area contributed by atoms with Gasteiger partial charge in [0.05, 0.1) is 42.8 Å². The molecule has 3 rings (SSSR count). The highest BCUT2D eigenvalue weighted by Gasteiger charge is 2.09. The molecule has 38 heavy (non-hydrogen) atoms. The van der Waals surface area contributed by atoms with E-state index in [-0.39, 0.29) is 19.1 Å². The summed E-state index contributed by atoms with van der Waals surface area (Å²) in [5, 5.41) is 10.9. The fourth-order valence-electron chi connectivity index (χ4n) is 3.03. The molecule has 1 amide bonds. The number of carbonyl (C=O) groups is 1. The second-order valence-corrected chi connectivity index (χ2v) is 9.71. The Morgan fingerprint density at radius 2 is 1.84 bits per heavy atom. The minimum Gasteiger partial charge on any atom is -0.487 e. The highest BCUT2D eigenvalue weighted by molar-refractivity contribution is 7.96. The molecule has 0 fully saturated rings. The number of fused-ring (bicyclic) bond motifs is 1. The largest absolute Gasteiger partial charge is 0.487 e. The molecule has 0 saturated heterocycles. The van der Waals surface area contributed by atoms with Crippen molar-refractivity contribution in [3.63, 3.8) is 0 Å². The van der Waals surface area contributed by atoms with Crippen LogP contribution in [0.2, 0.25) is 0 Å². The zero-order valence-electron chi connectivity index (χ0n) is 20.9. The Hall–Kier alpha value is -2.41. The summed E-state index contributed by atoms with van der Waals surface area (Å²) >= 11 is 2.35. The van der Waals surface area contributed by atoms with E-state index in [0.29, 0.717) is 74.9 Å². The summed E-state index contributed by atoms with van der Waals surface area (Å²) in [5.41, 5.74) is 6.80. The molecule has 1 aromatic carbocycles. The number of nitrogens with one attached hydrogen (secondary N) is 1.